The maximum atomic E-state index is 6.28. The van der Waals surface area contributed by atoms with E-state index in [1.54, 1.807) is 6.07 Å². The SMILES string of the molecule is CC(Nc1nc(NCc2ccc(Cl)cc2Cl)nc2ccccc12)c1ccccc1. The summed E-state index contributed by atoms with van der Waals surface area (Å²) in [5, 5.41) is 9.00. The highest BCUT2D eigenvalue weighted by Crippen LogP contribution is 2.27. The van der Waals surface area contributed by atoms with Gasteiger partial charge in [0.05, 0.1) is 5.52 Å². The van der Waals surface area contributed by atoms with Crippen LogP contribution in [0, 0.1) is 0 Å². The number of anilines is 2. The van der Waals surface area contributed by atoms with Crippen molar-refractivity contribution in [1.82, 2.24) is 9.97 Å². The van der Waals surface area contributed by atoms with Crippen molar-refractivity contribution in [3.05, 3.63) is 94.0 Å². The van der Waals surface area contributed by atoms with Crippen molar-refractivity contribution in [2.75, 3.05) is 10.6 Å². The number of fused-ring (bicyclic) bond motifs is 1. The summed E-state index contributed by atoms with van der Waals surface area (Å²) in [6.45, 7) is 2.62. The molecule has 4 nitrogen and oxygen atoms in total. The summed E-state index contributed by atoms with van der Waals surface area (Å²) in [5.41, 5.74) is 2.99. The summed E-state index contributed by atoms with van der Waals surface area (Å²) in [6, 6.07) is 23.8. The molecular weight excluding hydrogens is 403 g/mol. The number of rotatable bonds is 6. The Morgan fingerprint density at radius 2 is 1.66 bits per heavy atom. The number of halogens is 2. The lowest BCUT2D eigenvalue weighted by Gasteiger charge is -2.17. The van der Waals surface area contributed by atoms with Crippen molar-refractivity contribution in [3.63, 3.8) is 0 Å². The first-order chi connectivity index (χ1) is 14.1. The van der Waals surface area contributed by atoms with Crippen molar-refractivity contribution in [3.8, 4) is 0 Å². The Morgan fingerprint density at radius 3 is 2.45 bits per heavy atom. The fourth-order valence-electron chi connectivity index (χ4n) is 3.14. The largest absolute Gasteiger partial charge is 0.363 e. The van der Waals surface area contributed by atoms with E-state index in [-0.39, 0.29) is 6.04 Å². The monoisotopic (exact) mass is 422 g/mol. The molecule has 1 unspecified atom stereocenters. The molecule has 0 aliphatic carbocycles. The average molecular weight is 423 g/mol. The first-order valence-electron chi connectivity index (χ1n) is 9.36. The topological polar surface area (TPSA) is 49.8 Å². The van der Waals surface area contributed by atoms with Gasteiger partial charge in [-0.2, -0.15) is 4.98 Å². The van der Waals surface area contributed by atoms with Crippen molar-refractivity contribution in [2.45, 2.75) is 19.5 Å². The van der Waals surface area contributed by atoms with Gasteiger partial charge in [-0.1, -0.05) is 71.7 Å². The number of hydrogen-bond acceptors (Lipinski definition) is 4. The maximum absolute atomic E-state index is 6.28. The zero-order valence-electron chi connectivity index (χ0n) is 15.9. The Bertz CT molecular complexity index is 1130. The van der Waals surface area contributed by atoms with E-state index in [2.05, 4.69) is 34.7 Å². The Kier molecular flexibility index (Phi) is 5.84. The number of benzene rings is 3. The van der Waals surface area contributed by atoms with E-state index < -0.39 is 0 Å². The number of para-hydroxylation sites is 1. The fourth-order valence-corrected chi connectivity index (χ4v) is 3.61. The van der Waals surface area contributed by atoms with Crippen LogP contribution in [0.25, 0.3) is 10.9 Å². The number of nitrogens with zero attached hydrogens (tertiary/aromatic N) is 2. The Hall–Kier alpha value is -2.82. The van der Waals surface area contributed by atoms with Crippen molar-refractivity contribution < 1.29 is 0 Å². The molecule has 146 valence electrons. The molecule has 2 N–H and O–H groups in total. The van der Waals surface area contributed by atoms with E-state index in [1.165, 1.54) is 5.56 Å². The quantitative estimate of drug-likeness (QED) is 0.361. The van der Waals surface area contributed by atoms with E-state index in [0.29, 0.717) is 22.5 Å². The van der Waals surface area contributed by atoms with Crippen LogP contribution in [0.5, 0.6) is 0 Å². The smallest absolute Gasteiger partial charge is 0.225 e. The molecule has 1 heterocycles. The summed E-state index contributed by atoms with van der Waals surface area (Å²) < 4.78 is 0. The summed E-state index contributed by atoms with van der Waals surface area (Å²) in [7, 11) is 0. The molecule has 0 saturated heterocycles. The lowest BCUT2D eigenvalue weighted by molar-refractivity contribution is 0.875. The molecule has 4 aromatic rings. The minimum Gasteiger partial charge on any atom is -0.363 e. The van der Waals surface area contributed by atoms with Crippen LogP contribution >= 0.6 is 23.2 Å². The minimum atomic E-state index is 0.105. The van der Waals surface area contributed by atoms with Crippen LogP contribution in [0.1, 0.15) is 24.1 Å². The molecule has 6 heteroatoms. The lowest BCUT2D eigenvalue weighted by Crippen LogP contribution is -2.11. The standard InChI is InChI=1S/C23H20Cl2N4/c1-15(16-7-3-2-4-8-16)27-22-19-9-5-6-10-21(19)28-23(29-22)26-14-17-11-12-18(24)13-20(17)25/h2-13,15H,14H2,1H3,(H2,26,27,28,29). The second-order valence-electron chi connectivity index (χ2n) is 6.78. The normalized spacial score (nSPS) is 12.0. The highest BCUT2D eigenvalue weighted by molar-refractivity contribution is 6.35. The number of hydrogen-bond donors (Lipinski definition) is 2. The summed E-state index contributed by atoms with van der Waals surface area (Å²) >= 11 is 12.3. The van der Waals surface area contributed by atoms with Crippen molar-refractivity contribution in [2.24, 2.45) is 0 Å². The molecular formula is C23H20Cl2N4. The zero-order chi connectivity index (χ0) is 20.2. The summed E-state index contributed by atoms with van der Waals surface area (Å²) in [6.07, 6.45) is 0. The predicted molar refractivity (Wildman–Crippen MR) is 122 cm³/mol. The third kappa shape index (κ3) is 4.61. The first-order valence-corrected chi connectivity index (χ1v) is 10.1. The van der Waals surface area contributed by atoms with Gasteiger partial charge in [0.15, 0.2) is 0 Å². The Morgan fingerprint density at radius 1 is 0.897 bits per heavy atom. The van der Waals surface area contributed by atoms with Gasteiger partial charge in [-0.15, -0.1) is 0 Å². The molecule has 0 radical (unpaired) electrons. The molecule has 1 aromatic heterocycles. The van der Waals surface area contributed by atoms with Crippen LogP contribution in [0.15, 0.2) is 72.8 Å². The third-order valence-electron chi connectivity index (χ3n) is 4.71. The van der Waals surface area contributed by atoms with Gasteiger partial charge in [-0.25, -0.2) is 4.98 Å². The molecule has 0 aliphatic rings. The molecule has 0 fully saturated rings. The highest BCUT2D eigenvalue weighted by Gasteiger charge is 2.12. The van der Waals surface area contributed by atoms with E-state index in [0.717, 1.165) is 22.3 Å². The van der Waals surface area contributed by atoms with Crippen LogP contribution in [-0.4, -0.2) is 9.97 Å². The predicted octanol–water partition coefficient (Wildman–Crippen LogP) is 6.72. The number of aromatic nitrogens is 2. The summed E-state index contributed by atoms with van der Waals surface area (Å²) in [5.74, 6) is 1.33. The van der Waals surface area contributed by atoms with Crippen LogP contribution < -0.4 is 10.6 Å². The van der Waals surface area contributed by atoms with Gasteiger partial charge < -0.3 is 10.6 Å². The van der Waals surface area contributed by atoms with Crippen molar-refractivity contribution >= 4 is 45.9 Å². The van der Waals surface area contributed by atoms with Gasteiger partial charge in [0.25, 0.3) is 0 Å². The van der Waals surface area contributed by atoms with E-state index in [1.807, 2.05) is 54.6 Å². The van der Waals surface area contributed by atoms with Crippen LogP contribution in [-0.2, 0) is 6.54 Å². The molecule has 29 heavy (non-hydrogen) atoms. The third-order valence-corrected chi connectivity index (χ3v) is 5.30. The van der Waals surface area contributed by atoms with Gasteiger partial charge in [-0.3, -0.25) is 0 Å². The second-order valence-corrected chi connectivity index (χ2v) is 7.62. The van der Waals surface area contributed by atoms with Gasteiger partial charge in [0, 0.05) is 28.0 Å². The van der Waals surface area contributed by atoms with Gasteiger partial charge in [-0.05, 0) is 42.3 Å². The molecule has 1 atom stereocenters. The average Bonchev–Trinajstić information content (AvgIpc) is 2.74. The van der Waals surface area contributed by atoms with Crippen LogP contribution in [0.4, 0.5) is 11.8 Å². The molecule has 0 spiro atoms. The highest BCUT2D eigenvalue weighted by atomic mass is 35.5. The Labute approximate surface area is 179 Å². The van der Waals surface area contributed by atoms with Crippen LogP contribution in [0.2, 0.25) is 10.0 Å². The zero-order valence-corrected chi connectivity index (χ0v) is 17.4. The van der Waals surface area contributed by atoms with E-state index in [4.69, 9.17) is 28.2 Å². The minimum absolute atomic E-state index is 0.105. The molecule has 3 aromatic carbocycles. The second kappa shape index (κ2) is 8.68. The van der Waals surface area contributed by atoms with Gasteiger partial charge in [0.2, 0.25) is 5.95 Å². The van der Waals surface area contributed by atoms with E-state index >= 15 is 0 Å². The van der Waals surface area contributed by atoms with Gasteiger partial charge in [0.1, 0.15) is 5.82 Å². The van der Waals surface area contributed by atoms with Crippen molar-refractivity contribution in [1.29, 1.82) is 0 Å². The Balaban J connectivity index is 1.62. The molecule has 4 rings (SSSR count). The van der Waals surface area contributed by atoms with Crippen LogP contribution in [0.3, 0.4) is 0 Å². The first kappa shape index (κ1) is 19.5. The fraction of sp³-hybridized carbons (Fsp3) is 0.130. The lowest BCUT2D eigenvalue weighted by atomic mass is 10.1. The van der Waals surface area contributed by atoms with Gasteiger partial charge >= 0.3 is 0 Å². The molecule has 0 bridgehead atoms. The number of nitrogens with one attached hydrogen (secondary N) is 2. The van der Waals surface area contributed by atoms with E-state index in [9.17, 15) is 0 Å². The molecule has 0 amide bonds. The molecule has 0 aliphatic heterocycles. The summed E-state index contributed by atoms with van der Waals surface area (Å²) in [4.78, 5) is 9.37. The maximum Gasteiger partial charge on any atom is 0.225 e. The molecule has 0 saturated carbocycles.